The van der Waals surface area contributed by atoms with Gasteiger partial charge in [-0.1, -0.05) is 42.1 Å². The summed E-state index contributed by atoms with van der Waals surface area (Å²) in [7, 11) is 1.89. The molecule has 1 aliphatic heterocycles. The number of hydrogen-bond acceptors (Lipinski definition) is 5. The van der Waals surface area contributed by atoms with E-state index in [1.807, 2.05) is 31.1 Å². The maximum atomic E-state index is 12.5. The lowest BCUT2D eigenvalue weighted by molar-refractivity contribution is -0.131. The molecule has 0 atom stereocenters. The highest BCUT2D eigenvalue weighted by Gasteiger charge is 2.19. The van der Waals surface area contributed by atoms with Crippen LogP contribution in [0, 0.1) is 0 Å². The lowest BCUT2D eigenvalue weighted by Crippen LogP contribution is -2.35. The molecular formula is C25H35N3O2S. The predicted molar refractivity (Wildman–Crippen MR) is 133 cm³/mol. The van der Waals surface area contributed by atoms with Crippen LogP contribution in [0.4, 0.5) is 5.69 Å². The molecule has 31 heavy (non-hydrogen) atoms. The number of allylic oxidation sites excluding steroid dienone is 4. The van der Waals surface area contributed by atoms with Crippen LogP contribution >= 0.6 is 11.8 Å². The summed E-state index contributed by atoms with van der Waals surface area (Å²) in [6.07, 6.45) is 12.5. The van der Waals surface area contributed by atoms with Crippen LogP contribution in [0.3, 0.4) is 0 Å². The number of rotatable bonds is 9. The first-order valence-corrected chi connectivity index (χ1v) is 12.0. The Bertz CT molecular complexity index is 799. The lowest BCUT2D eigenvalue weighted by Gasteiger charge is -2.24. The smallest absolute Gasteiger partial charge is 0.222 e. The molecule has 1 aromatic rings. The van der Waals surface area contributed by atoms with Crippen molar-refractivity contribution < 1.29 is 9.59 Å². The molecule has 1 N–H and O–H groups in total. The largest absolute Gasteiger partial charge is 0.394 e. The van der Waals surface area contributed by atoms with E-state index in [0.717, 1.165) is 55.9 Å². The van der Waals surface area contributed by atoms with E-state index in [4.69, 9.17) is 0 Å². The number of nitrogens with zero attached hydrogens (tertiary/aromatic N) is 2. The minimum atomic E-state index is 0.118. The number of anilines is 1. The molecule has 1 saturated heterocycles. The summed E-state index contributed by atoms with van der Waals surface area (Å²) >= 11 is 1.30. The minimum Gasteiger partial charge on any atom is -0.394 e. The van der Waals surface area contributed by atoms with E-state index in [1.54, 1.807) is 6.92 Å². The topological polar surface area (TPSA) is 52.6 Å². The van der Waals surface area contributed by atoms with Gasteiger partial charge in [-0.3, -0.25) is 9.59 Å². The van der Waals surface area contributed by atoms with E-state index in [0.29, 0.717) is 6.42 Å². The average molecular weight is 442 g/mol. The standard InChI is InChI=1S/C25H35N3O2S/c1-4-22(14-15-26-3)8-9-23-10-12-24(13-11-23)27-16-6-17-28(19-18-27)25(30)7-5-20-31-21(2)29/h4,8-15,26H,5-7,16-20H2,1-3H3/b9-8+,15-14-,22-4-. The van der Waals surface area contributed by atoms with Gasteiger partial charge in [-0.2, -0.15) is 0 Å². The molecule has 1 amide bonds. The SMILES string of the molecule is C/C=C(\C=C/NC)/C=C/c1ccc(N2CCCN(C(=O)CCCSC(C)=O)CC2)cc1. The van der Waals surface area contributed by atoms with Gasteiger partial charge in [-0.25, -0.2) is 0 Å². The van der Waals surface area contributed by atoms with Crippen LogP contribution in [0.5, 0.6) is 0 Å². The molecule has 0 spiro atoms. The Kier molecular flexibility index (Phi) is 11.0. The molecule has 0 radical (unpaired) electrons. The van der Waals surface area contributed by atoms with Gasteiger partial charge in [0.25, 0.3) is 0 Å². The van der Waals surface area contributed by atoms with Gasteiger partial charge in [0.15, 0.2) is 5.12 Å². The Hall–Kier alpha value is -2.47. The third kappa shape index (κ3) is 9.05. The fraction of sp³-hybridized carbons (Fsp3) is 0.440. The summed E-state index contributed by atoms with van der Waals surface area (Å²) in [6.45, 7) is 6.96. The molecule has 2 rings (SSSR count). The molecule has 0 bridgehead atoms. The van der Waals surface area contributed by atoms with Crippen molar-refractivity contribution in [3.63, 3.8) is 0 Å². The molecule has 1 aliphatic rings. The van der Waals surface area contributed by atoms with Crippen molar-refractivity contribution in [2.75, 3.05) is 43.9 Å². The average Bonchev–Trinajstić information content (AvgIpc) is 3.03. The quantitative estimate of drug-likeness (QED) is 0.452. The third-order valence-corrected chi connectivity index (χ3v) is 6.09. The summed E-state index contributed by atoms with van der Waals surface area (Å²) in [5.41, 5.74) is 3.51. The predicted octanol–water partition coefficient (Wildman–Crippen LogP) is 4.48. The zero-order valence-corrected chi connectivity index (χ0v) is 19.8. The van der Waals surface area contributed by atoms with Crippen molar-refractivity contribution in [3.05, 3.63) is 59.8 Å². The van der Waals surface area contributed by atoms with Gasteiger partial charge >= 0.3 is 0 Å². The molecule has 0 saturated carbocycles. The zero-order valence-electron chi connectivity index (χ0n) is 19.0. The molecule has 1 heterocycles. The Balaban J connectivity index is 1.87. The fourth-order valence-corrected chi connectivity index (χ4v) is 4.01. The number of hydrogen-bond donors (Lipinski definition) is 1. The maximum absolute atomic E-state index is 12.5. The second kappa shape index (κ2) is 13.8. The van der Waals surface area contributed by atoms with Crippen molar-refractivity contribution in [2.24, 2.45) is 0 Å². The summed E-state index contributed by atoms with van der Waals surface area (Å²) in [5, 5.41) is 3.13. The van der Waals surface area contributed by atoms with E-state index in [2.05, 4.69) is 52.7 Å². The van der Waals surface area contributed by atoms with E-state index >= 15 is 0 Å². The van der Waals surface area contributed by atoms with E-state index < -0.39 is 0 Å². The normalized spacial score (nSPS) is 15.5. The van der Waals surface area contributed by atoms with Gasteiger partial charge in [0.05, 0.1) is 0 Å². The van der Waals surface area contributed by atoms with Crippen molar-refractivity contribution >= 4 is 34.5 Å². The monoisotopic (exact) mass is 441 g/mol. The second-order valence-corrected chi connectivity index (χ2v) is 8.77. The molecule has 1 aromatic carbocycles. The first-order valence-electron chi connectivity index (χ1n) is 11.0. The Morgan fingerprint density at radius 3 is 2.55 bits per heavy atom. The van der Waals surface area contributed by atoms with E-state index in [9.17, 15) is 9.59 Å². The maximum Gasteiger partial charge on any atom is 0.222 e. The van der Waals surface area contributed by atoms with Gasteiger partial charge in [0, 0.05) is 58.0 Å². The van der Waals surface area contributed by atoms with Crippen LogP contribution in [-0.4, -0.2) is 54.9 Å². The third-order valence-electron chi connectivity index (χ3n) is 5.19. The van der Waals surface area contributed by atoms with Crippen molar-refractivity contribution in [2.45, 2.75) is 33.1 Å². The van der Waals surface area contributed by atoms with Gasteiger partial charge in [0.2, 0.25) is 5.91 Å². The van der Waals surface area contributed by atoms with Crippen molar-refractivity contribution in [3.8, 4) is 0 Å². The van der Waals surface area contributed by atoms with E-state index in [-0.39, 0.29) is 11.0 Å². The summed E-state index contributed by atoms with van der Waals surface area (Å²) in [5.74, 6) is 0.932. The number of amides is 1. The van der Waals surface area contributed by atoms with Gasteiger partial charge in [0.1, 0.15) is 0 Å². The molecule has 0 aromatic heterocycles. The summed E-state index contributed by atoms with van der Waals surface area (Å²) in [4.78, 5) is 27.8. The van der Waals surface area contributed by atoms with Crippen LogP contribution in [-0.2, 0) is 9.59 Å². The number of benzene rings is 1. The Morgan fingerprint density at radius 1 is 1.10 bits per heavy atom. The van der Waals surface area contributed by atoms with Crippen molar-refractivity contribution in [1.29, 1.82) is 0 Å². The molecular weight excluding hydrogens is 406 g/mol. The van der Waals surface area contributed by atoms with Gasteiger partial charge < -0.3 is 15.1 Å². The molecule has 0 unspecified atom stereocenters. The Labute approximate surface area is 191 Å². The number of carbonyl (C=O) groups is 2. The highest BCUT2D eigenvalue weighted by molar-refractivity contribution is 8.13. The zero-order chi connectivity index (χ0) is 22.5. The van der Waals surface area contributed by atoms with Crippen LogP contribution < -0.4 is 10.2 Å². The Morgan fingerprint density at radius 2 is 1.87 bits per heavy atom. The second-order valence-electron chi connectivity index (χ2n) is 7.50. The van der Waals surface area contributed by atoms with Crippen LogP contribution in [0.2, 0.25) is 0 Å². The molecule has 6 heteroatoms. The summed E-state index contributed by atoms with van der Waals surface area (Å²) < 4.78 is 0. The van der Waals surface area contributed by atoms with Gasteiger partial charge in [-0.05, 0) is 55.3 Å². The molecule has 0 aliphatic carbocycles. The van der Waals surface area contributed by atoms with E-state index in [1.165, 1.54) is 17.4 Å². The van der Waals surface area contributed by atoms with Crippen LogP contribution in [0.25, 0.3) is 6.08 Å². The van der Waals surface area contributed by atoms with Gasteiger partial charge in [-0.15, -0.1) is 0 Å². The highest BCUT2D eigenvalue weighted by atomic mass is 32.2. The number of thioether (sulfide) groups is 1. The number of carbonyl (C=O) groups excluding carboxylic acids is 2. The molecule has 1 fully saturated rings. The first-order chi connectivity index (χ1) is 15.0. The highest BCUT2D eigenvalue weighted by Crippen LogP contribution is 2.19. The van der Waals surface area contributed by atoms with Crippen molar-refractivity contribution in [1.82, 2.24) is 10.2 Å². The van der Waals surface area contributed by atoms with Crippen LogP contribution in [0.1, 0.15) is 38.7 Å². The molecule has 168 valence electrons. The molecule has 5 nitrogen and oxygen atoms in total. The fourth-order valence-electron chi connectivity index (χ4n) is 3.44. The first kappa shape index (κ1) is 24.8. The van der Waals surface area contributed by atoms with Crippen LogP contribution in [0.15, 0.2) is 54.3 Å². The number of nitrogens with one attached hydrogen (secondary N) is 1. The minimum absolute atomic E-state index is 0.118. The lowest BCUT2D eigenvalue weighted by atomic mass is 10.1. The summed E-state index contributed by atoms with van der Waals surface area (Å²) in [6, 6.07) is 8.60.